The van der Waals surface area contributed by atoms with Gasteiger partial charge in [0.2, 0.25) is 5.78 Å². The summed E-state index contributed by atoms with van der Waals surface area (Å²) in [5.41, 5.74) is 0. The van der Waals surface area contributed by atoms with E-state index in [2.05, 4.69) is 4.98 Å². The molecule has 0 aliphatic carbocycles. The number of rotatable bonds is 2. The van der Waals surface area contributed by atoms with Gasteiger partial charge in [-0.3, -0.25) is 9.35 Å². The maximum Gasteiger partial charge on any atom is 0.439 e. The number of Topliss-reactive ketones (excluding diaryl/α,β-unsaturated/α-hetero) is 1. The van der Waals surface area contributed by atoms with Gasteiger partial charge < -0.3 is 0 Å². The number of hydrogen-bond acceptors (Lipinski definition) is 3. The summed E-state index contributed by atoms with van der Waals surface area (Å²) in [6.07, 6.45) is 2.29. The fourth-order valence-corrected chi connectivity index (χ4v) is 1.40. The molecule has 1 aromatic heterocycles. The Morgan fingerprint density at radius 2 is 2.25 bits per heavy atom. The van der Waals surface area contributed by atoms with E-state index in [1.165, 1.54) is 13.1 Å². The summed E-state index contributed by atoms with van der Waals surface area (Å²) >= 11 is 0. The lowest BCUT2D eigenvalue weighted by Gasteiger charge is -1.90. The van der Waals surface area contributed by atoms with Gasteiger partial charge in [-0.1, -0.05) is 3.97 Å². The molecule has 0 spiro atoms. The van der Waals surface area contributed by atoms with E-state index in [1.54, 1.807) is 0 Å². The molecule has 0 radical (unpaired) electrons. The molecule has 12 heavy (non-hydrogen) atoms. The van der Waals surface area contributed by atoms with E-state index in [0.717, 1.165) is 6.20 Å². The minimum absolute atomic E-state index is 0.183. The second-order valence-electron chi connectivity index (χ2n) is 2.14. The molecule has 66 valence electrons. The van der Waals surface area contributed by atoms with Gasteiger partial charge >= 0.3 is 16.1 Å². The Hall–Kier alpha value is -1.21. The molecule has 2 N–H and O–H groups in total. The first-order chi connectivity index (χ1) is 5.43. The van der Waals surface area contributed by atoms with Gasteiger partial charge in [-0.15, -0.1) is 0 Å². The molecule has 0 saturated heterocycles. The molecule has 0 aliphatic rings. The van der Waals surface area contributed by atoms with E-state index < -0.39 is 16.1 Å². The fraction of sp³-hybridized carbons (Fsp3) is 0.200. The average molecular weight is 191 g/mol. The van der Waals surface area contributed by atoms with Crippen LogP contribution >= 0.6 is 0 Å². The van der Waals surface area contributed by atoms with Gasteiger partial charge in [0, 0.05) is 6.92 Å². The Labute approximate surface area is 68.7 Å². The number of aromatic nitrogens is 2. The van der Waals surface area contributed by atoms with E-state index in [9.17, 15) is 13.2 Å². The van der Waals surface area contributed by atoms with Crippen LogP contribution in [0.25, 0.3) is 0 Å². The molecule has 0 bridgehead atoms. The Bertz CT molecular complexity index is 405. The molecule has 1 rings (SSSR count). The summed E-state index contributed by atoms with van der Waals surface area (Å²) in [6.45, 7) is 1.19. The summed E-state index contributed by atoms with van der Waals surface area (Å²) in [6, 6.07) is 0. The lowest BCUT2D eigenvalue weighted by molar-refractivity contribution is -0.520. The van der Waals surface area contributed by atoms with E-state index in [4.69, 9.17) is 4.55 Å². The first-order valence-corrected chi connectivity index (χ1v) is 4.40. The molecular formula is C5H7N2O4S+. The van der Waals surface area contributed by atoms with Gasteiger partial charge in [-0.05, 0) is 0 Å². The highest BCUT2D eigenvalue weighted by Gasteiger charge is 2.24. The maximum absolute atomic E-state index is 10.7. The van der Waals surface area contributed by atoms with Crippen LogP contribution < -0.4 is 3.97 Å². The second kappa shape index (κ2) is 2.68. The Kier molecular flexibility index (Phi) is 1.99. The highest BCUT2D eigenvalue weighted by Crippen LogP contribution is 1.89. The zero-order chi connectivity index (χ0) is 9.35. The standard InChI is InChI=1S/C5H6N2O4S/c1-4(8)5-6-2-3-7(5)12(9,10)11/h2-3H,1H3,(H,9,10,11)/p+1. The molecule has 0 aliphatic heterocycles. The van der Waals surface area contributed by atoms with Crippen LogP contribution in [0.1, 0.15) is 17.5 Å². The third kappa shape index (κ3) is 1.51. The lowest BCUT2D eigenvalue weighted by Crippen LogP contribution is -2.45. The van der Waals surface area contributed by atoms with Gasteiger partial charge in [0.1, 0.15) is 12.4 Å². The maximum atomic E-state index is 10.7. The largest absolute Gasteiger partial charge is 0.439 e. The molecule has 0 fully saturated rings. The van der Waals surface area contributed by atoms with Crippen LogP contribution in [0.15, 0.2) is 12.4 Å². The quantitative estimate of drug-likeness (QED) is 0.362. The zero-order valence-corrected chi connectivity index (χ0v) is 7.00. The van der Waals surface area contributed by atoms with Crippen molar-refractivity contribution in [2.45, 2.75) is 6.92 Å². The van der Waals surface area contributed by atoms with Crippen molar-refractivity contribution in [3.63, 3.8) is 0 Å². The first-order valence-electron chi connectivity index (χ1n) is 3.01. The van der Waals surface area contributed by atoms with Crippen LogP contribution in [-0.2, 0) is 10.3 Å². The molecule has 0 atom stereocenters. The van der Waals surface area contributed by atoms with Crippen LogP contribution in [0.2, 0.25) is 0 Å². The van der Waals surface area contributed by atoms with Crippen molar-refractivity contribution >= 4 is 16.1 Å². The number of nitrogens with zero attached hydrogens (tertiary/aromatic N) is 1. The van der Waals surface area contributed by atoms with Gasteiger partial charge in [0.05, 0.1) is 0 Å². The Morgan fingerprint density at radius 1 is 1.67 bits per heavy atom. The SMILES string of the molecule is CC(=O)c1[nH]cc[n+]1S(=O)(=O)O. The van der Waals surface area contributed by atoms with Gasteiger partial charge in [0.25, 0.3) is 0 Å². The predicted molar refractivity (Wildman–Crippen MR) is 37.9 cm³/mol. The summed E-state index contributed by atoms with van der Waals surface area (Å²) in [7, 11) is -4.37. The molecule has 1 heterocycles. The minimum atomic E-state index is -4.37. The third-order valence-electron chi connectivity index (χ3n) is 1.23. The van der Waals surface area contributed by atoms with E-state index >= 15 is 0 Å². The summed E-state index contributed by atoms with van der Waals surface area (Å²) in [5, 5.41) is 0. The van der Waals surface area contributed by atoms with E-state index in [0.29, 0.717) is 3.97 Å². The van der Waals surface area contributed by atoms with Crippen LogP contribution in [-0.4, -0.2) is 23.7 Å². The molecule has 0 aromatic carbocycles. The Balaban J connectivity index is 3.36. The summed E-state index contributed by atoms with van der Waals surface area (Å²) in [4.78, 5) is 13.1. The predicted octanol–water partition coefficient (Wildman–Crippen LogP) is -0.844. The van der Waals surface area contributed by atoms with E-state index in [-0.39, 0.29) is 5.82 Å². The number of aromatic amines is 1. The fourth-order valence-electron chi connectivity index (χ4n) is 0.771. The minimum Gasteiger partial charge on any atom is -0.286 e. The number of hydrogen-bond donors (Lipinski definition) is 2. The van der Waals surface area contributed by atoms with Gasteiger partial charge in [-0.25, -0.2) is 4.98 Å². The van der Waals surface area contributed by atoms with Crippen molar-refractivity contribution < 1.29 is 21.7 Å². The zero-order valence-electron chi connectivity index (χ0n) is 6.18. The van der Waals surface area contributed by atoms with Gasteiger partial charge in [-0.2, -0.15) is 8.42 Å². The number of nitrogens with one attached hydrogen (secondary N) is 1. The van der Waals surface area contributed by atoms with Crippen LogP contribution in [0.5, 0.6) is 0 Å². The summed E-state index contributed by atoms with van der Waals surface area (Å²) in [5.74, 6) is -0.657. The molecule has 0 amide bonds. The van der Waals surface area contributed by atoms with Crippen molar-refractivity contribution in [2.24, 2.45) is 0 Å². The van der Waals surface area contributed by atoms with E-state index in [1.807, 2.05) is 0 Å². The number of ketones is 1. The Morgan fingerprint density at radius 3 is 2.58 bits per heavy atom. The van der Waals surface area contributed by atoms with Gasteiger partial charge in [0.15, 0.2) is 0 Å². The van der Waals surface area contributed by atoms with Crippen LogP contribution in [0.3, 0.4) is 0 Å². The number of carbonyl (C=O) groups is 1. The molecule has 1 aromatic rings. The molecule has 0 saturated carbocycles. The second-order valence-corrected chi connectivity index (χ2v) is 3.43. The summed E-state index contributed by atoms with van der Waals surface area (Å²) < 4.78 is 30.2. The number of carbonyl (C=O) groups excluding carboxylic acids is 1. The van der Waals surface area contributed by atoms with Crippen molar-refractivity contribution in [1.29, 1.82) is 0 Å². The van der Waals surface area contributed by atoms with Crippen LogP contribution in [0, 0.1) is 0 Å². The molecule has 7 heteroatoms. The third-order valence-corrected chi connectivity index (χ3v) is 2.03. The van der Waals surface area contributed by atoms with Crippen molar-refractivity contribution in [2.75, 3.05) is 0 Å². The smallest absolute Gasteiger partial charge is 0.286 e. The normalized spacial score (nSPS) is 11.5. The lowest BCUT2D eigenvalue weighted by atomic mass is 10.4. The first kappa shape index (κ1) is 8.88. The van der Waals surface area contributed by atoms with Crippen molar-refractivity contribution in [1.82, 2.24) is 4.98 Å². The molecule has 6 nitrogen and oxygen atoms in total. The number of imidazole rings is 1. The number of H-pyrrole nitrogens is 1. The highest BCUT2D eigenvalue weighted by molar-refractivity contribution is 7.79. The topological polar surface area (TPSA) is 91.1 Å². The van der Waals surface area contributed by atoms with Crippen molar-refractivity contribution in [3.8, 4) is 0 Å². The highest BCUT2D eigenvalue weighted by atomic mass is 32.2. The van der Waals surface area contributed by atoms with Crippen LogP contribution in [0.4, 0.5) is 0 Å². The van der Waals surface area contributed by atoms with Crippen molar-refractivity contribution in [3.05, 3.63) is 18.2 Å². The molecular weight excluding hydrogens is 184 g/mol. The average Bonchev–Trinajstić information content (AvgIpc) is 2.30. The monoisotopic (exact) mass is 191 g/mol. The molecule has 0 unspecified atom stereocenters.